The highest BCUT2D eigenvalue weighted by Crippen LogP contribution is 2.47. The molecule has 0 aliphatic carbocycles. The molecule has 1 saturated heterocycles. The maximum Gasteiger partial charge on any atom is 0.332 e. The molecule has 1 fully saturated rings. The van der Waals surface area contributed by atoms with Crippen molar-refractivity contribution in [2.24, 2.45) is 7.05 Å². The summed E-state index contributed by atoms with van der Waals surface area (Å²) in [6.07, 6.45) is -4.07. The van der Waals surface area contributed by atoms with Crippen LogP contribution in [0.15, 0.2) is 57.2 Å². The SMILES string of the molecule is Cc1cn([C@@H]2O[C@H](CO)[C@@]3(OS(=O)(=O)C=C3NC(=O)NC(=O)c3ccccc3)[C@H]2O)c(=O)n(C)c1=O. The highest BCUT2D eigenvalue weighted by Gasteiger charge is 2.65. The molecule has 0 bridgehead atoms. The van der Waals surface area contributed by atoms with Gasteiger partial charge >= 0.3 is 11.7 Å². The number of nitrogens with zero attached hydrogens (tertiary/aromatic N) is 2. The van der Waals surface area contributed by atoms with E-state index in [2.05, 4.69) is 5.32 Å². The molecule has 3 amide bonds. The van der Waals surface area contributed by atoms with Gasteiger partial charge in [0.05, 0.1) is 17.7 Å². The average Bonchev–Trinajstić information content (AvgIpc) is 3.27. The number of aliphatic hydroxyl groups is 2. The van der Waals surface area contributed by atoms with Gasteiger partial charge in [0.15, 0.2) is 11.8 Å². The van der Waals surface area contributed by atoms with Crippen molar-refractivity contribution in [1.29, 1.82) is 0 Å². The fourth-order valence-corrected chi connectivity index (χ4v) is 5.41. The van der Waals surface area contributed by atoms with Crippen molar-refractivity contribution in [3.8, 4) is 0 Å². The van der Waals surface area contributed by atoms with Crippen LogP contribution in [0.5, 0.6) is 0 Å². The van der Waals surface area contributed by atoms with Crippen LogP contribution in [0.3, 0.4) is 0 Å². The normalized spacial score (nSPS) is 26.6. The van der Waals surface area contributed by atoms with Crippen LogP contribution in [0.4, 0.5) is 4.79 Å². The lowest BCUT2D eigenvalue weighted by molar-refractivity contribution is -0.0598. The van der Waals surface area contributed by atoms with E-state index in [-0.39, 0.29) is 11.1 Å². The van der Waals surface area contributed by atoms with Crippen LogP contribution in [0.2, 0.25) is 0 Å². The molecule has 192 valence electrons. The zero-order valence-corrected chi connectivity index (χ0v) is 19.8. The third kappa shape index (κ3) is 4.16. The van der Waals surface area contributed by atoms with Crippen molar-refractivity contribution >= 4 is 22.1 Å². The number of urea groups is 1. The molecule has 3 heterocycles. The second-order valence-electron chi connectivity index (χ2n) is 8.18. The Bertz CT molecular complexity index is 1480. The molecule has 4 rings (SSSR count). The van der Waals surface area contributed by atoms with Crippen molar-refractivity contribution in [3.63, 3.8) is 0 Å². The van der Waals surface area contributed by atoms with Gasteiger partial charge in [-0.3, -0.25) is 24.0 Å². The largest absolute Gasteiger partial charge is 0.394 e. The maximum absolute atomic E-state index is 12.7. The molecule has 15 heteroatoms. The molecule has 4 N–H and O–H groups in total. The highest BCUT2D eigenvalue weighted by molar-refractivity contribution is 7.90. The summed E-state index contributed by atoms with van der Waals surface area (Å²) in [7, 11) is -3.31. The number of ether oxygens (including phenoxy) is 1. The van der Waals surface area contributed by atoms with Crippen molar-refractivity contribution in [2.45, 2.75) is 31.0 Å². The summed E-state index contributed by atoms with van der Waals surface area (Å²) < 4.78 is 37.1. The Kier molecular flexibility index (Phi) is 6.44. The Morgan fingerprint density at radius 2 is 1.86 bits per heavy atom. The molecule has 2 aliphatic heterocycles. The molecule has 0 radical (unpaired) electrons. The van der Waals surface area contributed by atoms with E-state index in [0.29, 0.717) is 5.41 Å². The van der Waals surface area contributed by atoms with E-state index < -0.39 is 69.6 Å². The number of amides is 3. The summed E-state index contributed by atoms with van der Waals surface area (Å²) in [6.45, 7) is 0.516. The lowest BCUT2D eigenvalue weighted by Gasteiger charge is -2.32. The Balaban J connectivity index is 1.69. The standard InChI is InChI=1S/C21H22N4O10S/c1-11-8-25(20(31)24(2)17(11)29)18-15(27)21(14(9-26)34-18)13(10-36(32,33)35-21)22-19(30)23-16(28)12-6-4-3-5-7-12/h3-8,10,14-15,18,26-27H,9H2,1-2H3,(H2,22,23,28,30)/t14-,15+,18-,21-/m1/s1. The number of hydrogen-bond acceptors (Lipinski definition) is 10. The Labute approximate surface area is 203 Å². The lowest BCUT2D eigenvalue weighted by atomic mass is 9.89. The smallest absolute Gasteiger partial charge is 0.332 e. The first kappa shape index (κ1) is 25.5. The van der Waals surface area contributed by atoms with E-state index in [4.69, 9.17) is 8.92 Å². The first-order valence-electron chi connectivity index (χ1n) is 10.5. The molecular formula is C21H22N4O10S. The van der Waals surface area contributed by atoms with Crippen LogP contribution in [-0.4, -0.2) is 64.1 Å². The molecule has 2 aromatic rings. The Morgan fingerprint density at radius 3 is 2.50 bits per heavy atom. The molecule has 14 nitrogen and oxygen atoms in total. The van der Waals surface area contributed by atoms with Crippen LogP contribution in [0.1, 0.15) is 22.1 Å². The number of rotatable bonds is 4. The quantitative estimate of drug-likeness (QED) is 0.332. The first-order valence-corrected chi connectivity index (χ1v) is 12.0. The first-order chi connectivity index (χ1) is 16.9. The number of nitrogens with one attached hydrogen (secondary N) is 2. The van der Waals surface area contributed by atoms with Gasteiger partial charge in [0.25, 0.3) is 21.6 Å². The van der Waals surface area contributed by atoms with Crippen molar-refractivity contribution < 1.29 is 37.1 Å². The average molecular weight is 522 g/mol. The fourth-order valence-electron chi connectivity index (χ4n) is 4.15. The molecule has 0 saturated carbocycles. The zero-order chi connectivity index (χ0) is 26.4. The summed E-state index contributed by atoms with van der Waals surface area (Å²) in [4.78, 5) is 49.6. The zero-order valence-electron chi connectivity index (χ0n) is 18.9. The monoisotopic (exact) mass is 522 g/mol. The third-order valence-corrected chi connectivity index (χ3v) is 6.89. The third-order valence-electron chi connectivity index (χ3n) is 5.86. The van der Waals surface area contributed by atoms with Gasteiger partial charge in [0, 0.05) is 24.4 Å². The number of aliphatic hydroxyl groups excluding tert-OH is 2. The summed E-state index contributed by atoms with van der Waals surface area (Å²) in [5, 5.41) is 25.8. The Morgan fingerprint density at radius 1 is 1.19 bits per heavy atom. The van der Waals surface area contributed by atoms with Crippen molar-refractivity contribution in [2.75, 3.05) is 6.61 Å². The van der Waals surface area contributed by atoms with Crippen LogP contribution in [0, 0.1) is 6.92 Å². The minimum Gasteiger partial charge on any atom is -0.394 e. The number of hydrogen-bond donors (Lipinski definition) is 4. The van der Waals surface area contributed by atoms with Crippen molar-refractivity contribution in [3.05, 3.63) is 79.6 Å². The molecule has 1 aromatic heterocycles. The molecule has 2 aliphatic rings. The van der Waals surface area contributed by atoms with Gasteiger partial charge in [-0.05, 0) is 19.1 Å². The molecule has 36 heavy (non-hydrogen) atoms. The summed E-state index contributed by atoms with van der Waals surface area (Å²) in [5.41, 5.74) is -4.15. The summed E-state index contributed by atoms with van der Waals surface area (Å²) >= 11 is 0. The van der Waals surface area contributed by atoms with Crippen LogP contribution in [-0.2, 0) is 26.1 Å². The fraction of sp³-hybridized carbons (Fsp3) is 0.333. The van der Waals surface area contributed by atoms with E-state index in [1.807, 2.05) is 5.32 Å². The molecule has 1 spiro atoms. The number of carbonyl (C=O) groups is 2. The predicted octanol–water partition coefficient (Wildman–Crippen LogP) is -1.81. The van der Waals surface area contributed by atoms with Gasteiger partial charge in [-0.2, -0.15) is 8.42 Å². The maximum atomic E-state index is 12.7. The number of aromatic nitrogens is 2. The minimum atomic E-state index is -4.51. The summed E-state index contributed by atoms with van der Waals surface area (Å²) in [6, 6.07) is 6.54. The van der Waals surface area contributed by atoms with E-state index in [9.17, 15) is 37.8 Å². The van der Waals surface area contributed by atoms with Gasteiger partial charge in [-0.1, -0.05) is 18.2 Å². The van der Waals surface area contributed by atoms with E-state index in [1.54, 1.807) is 18.2 Å². The summed E-state index contributed by atoms with van der Waals surface area (Å²) in [5.74, 6) is -0.795. The van der Waals surface area contributed by atoms with Crippen LogP contribution in [0.25, 0.3) is 0 Å². The van der Waals surface area contributed by atoms with Gasteiger partial charge < -0.3 is 20.3 Å². The molecule has 1 aromatic carbocycles. The predicted molar refractivity (Wildman–Crippen MR) is 121 cm³/mol. The van der Waals surface area contributed by atoms with Gasteiger partial charge in [0.1, 0.15) is 12.2 Å². The molecule has 4 atom stereocenters. The second-order valence-corrected chi connectivity index (χ2v) is 9.57. The number of aryl methyl sites for hydroxylation is 1. The number of benzene rings is 1. The van der Waals surface area contributed by atoms with Gasteiger partial charge in [-0.25, -0.2) is 13.8 Å². The topological polar surface area (TPSA) is 195 Å². The Hall–Kier alpha value is -3.63. The molecular weight excluding hydrogens is 500 g/mol. The second kappa shape index (κ2) is 9.11. The highest BCUT2D eigenvalue weighted by atomic mass is 32.2. The van der Waals surface area contributed by atoms with Gasteiger partial charge in [-0.15, -0.1) is 0 Å². The minimum absolute atomic E-state index is 0.113. The number of carbonyl (C=O) groups excluding carboxylic acids is 2. The lowest BCUT2D eigenvalue weighted by Crippen LogP contribution is -2.56. The molecule has 0 unspecified atom stereocenters. The van der Waals surface area contributed by atoms with E-state index in [0.717, 1.165) is 15.3 Å². The van der Waals surface area contributed by atoms with E-state index in [1.165, 1.54) is 26.1 Å². The van der Waals surface area contributed by atoms with Crippen LogP contribution < -0.4 is 21.9 Å². The number of imide groups is 1. The van der Waals surface area contributed by atoms with Crippen LogP contribution >= 0.6 is 0 Å². The van der Waals surface area contributed by atoms with Gasteiger partial charge in [0.2, 0.25) is 0 Å². The van der Waals surface area contributed by atoms with E-state index >= 15 is 0 Å². The van der Waals surface area contributed by atoms with Crippen molar-refractivity contribution in [1.82, 2.24) is 19.8 Å².